The Bertz CT molecular complexity index is 679. The molecule has 4 nitrogen and oxygen atoms in total. The van der Waals surface area contributed by atoms with Crippen LogP contribution in [-0.2, 0) is 16.1 Å². The zero-order valence-electron chi connectivity index (χ0n) is 12.1. The van der Waals surface area contributed by atoms with Crippen molar-refractivity contribution >= 4 is 11.9 Å². The molecule has 1 amide bonds. The van der Waals surface area contributed by atoms with E-state index in [1.165, 1.54) is 4.90 Å². The molecule has 0 bridgehead atoms. The fraction of sp³-hybridized carbons (Fsp3) is 0.222. The van der Waals surface area contributed by atoms with Crippen LogP contribution in [0.5, 0.6) is 0 Å². The number of carbonyl (C=O) groups is 2. The van der Waals surface area contributed by atoms with Crippen LogP contribution in [0.4, 0.5) is 0 Å². The Balaban J connectivity index is 1.76. The molecule has 4 heteroatoms. The number of carboxylic acids is 1. The van der Waals surface area contributed by atoms with Crippen molar-refractivity contribution in [1.29, 1.82) is 0 Å². The molecule has 22 heavy (non-hydrogen) atoms. The molecule has 1 atom stereocenters. The molecule has 0 unspecified atom stereocenters. The highest BCUT2D eigenvalue weighted by atomic mass is 16.4. The topological polar surface area (TPSA) is 57.6 Å². The van der Waals surface area contributed by atoms with Gasteiger partial charge in [-0.25, -0.2) is 4.79 Å². The third-order valence-electron chi connectivity index (χ3n) is 4.03. The number of carboxylic acid groups (broad SMARTS) is 1. The molecule has 0 aliphatic carbocycles. The lowest BCUT2D eigenvalue weighted by molar-refractivity contribution is -0.146. The average Bonchev–Trinajstić information content (AvgIpc) is 2.90. The number of rotatable bonds is 4. The summed E-state index contributed by atoms with van der Waals surface area (Å²) < 4.78 is 0. The van der Waals surface area contributed by atoms with Gasteiger partial charge in [-0.3, -0.25) is 4.79 Å². The summed E-state index contributed by atoms with van der Waals surface area (Å²) in [6, 6.07) is 17.2. The number of aliphatic carboxylic acids is 1. The lowest BCUT2D eigenvalue weighted by Gasteiger charge is -2.21. The molecule has 0 radical (unpaired) electrons. The molecular formula is C18H17NO3. The Labute approximate surface area is 129 Å². The smallest absolute Gasteiger partial charge is 0.326 e. The van der Waals surface area contributed by atoms with Gasteiger partial charge in [0.1, 0.15) is 6.04 Å². The number of hydrogen-bond acceptors (Lipinski definition) is 2. The number of carbonyl (C=O) groups excluding carboxylic acids is 1. The molecule has 0 spiro atoms. The molecule has 2 aromatic carbocycles. The SMILES string of the molecule is O=C(O)[C@H]1CCC(=O)N1Cc1ccc(-c2ccccc2)cc1. The minimum atomic E-state index is -0.924. The molecule has 1 N–H and O–H groups in total. The predicted molar refractivity (Wildman–Crippen MR) is 83.1 cm³/mol. The number of benzene rings is 2. The van der Waals surface area contributed by atoms with E-state index < -0.39 is 12.0 Å². The molecule has 1 saturated heterocycles. The second-order valence-corrected chi connectivity index (χ2v) is 5.48. The van der Waals surface area contributed by atoms with Crippen LogP contribution in [-0.4, -0.2) is 27.9 Å². The van der Waals surface area contributed by atoms with Crippen molar-refractivity contribution in [2.24, 2.45) is 0 Å². The van der Waals surface area contributed by atoms with Crippen LogP contribution in [0.15, 0.2) is 54.6 Å². The third kappa shape index (κ3) is 2.86. The summed E-state index contributed by atoms with van der Waals surface area (Å²) in [6.45, 7) is 0.352. The first-order valence-corrected chi connectivity index (χ1v) is 7.32. The van der Waals surface area contributed by atoms with E-state index in [4.69, 9.17) is 0 Å². The first kappa shape index (κ1) is 14.3. The van der Waals surface area contributed by atoms with Crippen molar-refractivity contribution in [1.82, 2.24) is 4.90 Å². The molecule has 0 saturated carbocycles. The van der Waals surface area contributed by atoms with Gasteiger partial charge >= 0.3 is 5.97 Å². The molecular weight excluding hydrogens is 278 g/mol. The minimum Gasteiger partial charge on any atom is -0.480 e. The fourth-order valence-corrected chi connectivity index (χ4v) is 2.82. The zero-order chi connectivity index (χ0) is 15.5. The molecule has 3 rings (SSSR count). The maximum absolute atomic E-state index is 11.8. The van der Waals surface area contributed by atoms with Crippen molar-refractivity contribution in [2.75, 3.05) is 0 Å². The van der Waals surface area contributed by atoms with Gasteiger partial charge in [-0.15, -0.1) is 0 Å². The molecule has 1 aliphatic rings. The van der Waals surface area contributed by atoms with Crippen LogP contribution in [0.2, 0.25) is 0 Å². The van der Waals surface area contributed by atoms with Gasteiger partial charge in [-0.05, 0) is 23.1 Å². The van der Waals surface area contributed by atoms with Gasteiger partial charge in [0.2, 0.25) is 5.91 Å². The molecule has 112 valence electrons. The lowest BCUT2D eigenvalue weighted by Crippen LogP contribution is -2.37. The summed E-state index contributed by atoms with van der Waals surface area (Å²) in [7, 11) is 0. The van der Waals surface area contributed by atoms with Gasteiger partial charge < -0.3 is 10.0 Å². The summed E-state index contributed by atoms with van der Waals surface area (Å²) >= 11 is 0. The normalized spacial score (nSPS) is 17.7. The van der Waals surface area contributed by atoms with Crippen LogP contribution >= 0.6 is 0 Å². The Morgan fingerprint density at radius 1 is 1.05 bits per heavy atom. The van der Waals surface area contributed by atoms with Crippen LogP contribution in [0.3, 0.4) is 0 Å². The maximum atomic E-state index is 11.8. The van der Waals surface area contributed by atoms with Gasteiger partial charge in [-0.2, -0.15) is 0 Å². The Hall–Kier alpha value is -2.62. The largest absolute Gasteiger partial charge is 0.480 e. The van der Waals surface area contributed by atoms with E-state index in [2.05, 4.69) is 0 Å². The van der Waals surface area contributed by atoms with Gasteiger partial charge in [0.05, 0.1) is 0 Å². The monoisotopic (exact) mass is 295 g/mol. The number of amides is 1. The minimum absolute atomic E-state index is 0.0838. The van der Waals surface area contributed by atoms with Gasteiger partial charge in [0.15, 0.2) is 0 Å². The average molecular weight is 295 g/mol. The highest BCUT2D eigenvalue weighted by Crippen LogP contribution is 2.24. The summed E-state index contributed by atoms with van der Waals surface area (Å²) in [5.74, 6) is -1.01. The predicted octanol–water partition coefficient (Wildman–Crippen LogP) is 2.93. The summed E-state index contributed by atoms with van der Waals surface area (Å²) in [5.41, 5.74) is 3.18. The number of nitrogens with zero attached hydrogens (tertiary/aromatic N) is 1. The second kappa shape index (κ2) is 6.02. The van der Waals surface area contributed by atoms with Crippen molar-refractivity contribution in [3.63, 3.8) is 0 Å². The van der Waals surface area contributed by atoms with Crippen LogP contribution in [0.25, 0.3) is 11.1 Å². The van der Waals surface area contributed by atoms with Gasteiger partial charge in [0, 0.05) is 13.0 Å². The quantitative estimate of drug-likeness (QED) is 0.943. The van der Waals surface area contributed by atoms with E-state index in [1.807, 2.05) is 54.6 Å². The van der Waals surface area contributed by atoms with Crippen molar-refractivity contribution < 1.29 is 14.7 Å². The van der Waals surface area contributed by atoms with Gasteiger partial charge in [0.25, 0.3) is 0 Å². The lowest BCUT2D eigenvalue weighted by atomic mass is 10.0. The van der Waals surface area contributed by atoms with E-state index in [0.717, 1.165) is 16.7 Å². The highest BCUT2D eigenvalue weighted by molar-refractivity contribution is 5.87. The van der Waals surface area contributed by atoms with Crippen LogP contribution in [0, 0.1) is 0 Å². The Morgan fingerprint density at radius 2 is 1.68 bits per heavy atom. The first-order chi connectivity index (χ1) is 10.6. The zero-order valence-corrected chi connectivity index (χ0v) is 12.1. The molecule has 2 aromatic rings. The Morgan fingerprint density at radius 3 is 2.32 bits per heavy atom. The van der Waals surface area contributed by atoms with E-state index >= 15 is 0 Å². The number of likely N-dealkylation sites (tertiary alicyclic amines) is 1. The summed E-state index contributed by atoms with van der Waals surface area (Å²) in [6.07, 6.45) is 0.718. The van der Waals surface area contributed by atoms with E-state index in [-0.39, 0.29) is 5.91 Å². The fourth-order valence-electron chi connectivity index (χ4n) is 2.82. The second-order valence-electron chi connectivity index (χ2n) is 5.48. The Kier molecular flexibility index (Phi) is 3.92. The van der Waals surface area contributed by atoms with Crippen molar-refractivity contribution in [3.05, 3.63) is 60.2 Å². The summed E-state index contributed by atoms with van der Waals surface area (Å²) in [4.78, 5) is 24.5. The number of hydrogen-bond donors (Lipinski definition) is 1. The molecule has 1 heterocycles. The molecule has 1 fully saturated rings. The molecule has 0 aromatic heterocycles. The first-order valence-electron chi connectivity index (χ1n) is 7.32. The third-order valence-corrected chi connectivity index (χ3v) is 4.03. The van der Waals surface area contributed by atoms with E-state index in [0.29, 0.717) is 19.4 Å². The summed E-state index contributed by atoms with van der Waals surface area (Å²) in [5, 5.41) is 9.18. The maximum Gasteiger partial charge on any atom is 0.326 e. The van der Waals surface area contributed by atoms with Crippen LogP contribution in [0.1, 0.15) is 18.4 Å². The van der Waals surface area contributed by atoms with E-state index in [1.54, 1.807) is 0 Å². The van der Waals surface area contributed by atoms with Crippen molar-refractivity contribution in [2.45, 2.75) is 25.4 Å². The standard InChI is InChI=1S/C18H17NO3/c20-17-11-10-16(18(21)22)19(17)12-13-6-8-15(9-7-13)14-4-2-1-3-5-14/h1-9,16H,10-12H2,(H,21,22)/t16-/m1/s1. The molecule has 1 aliphatic heterocycles. The van der Waals surface area contributed by atoms with E-state index in [9.17, 15) is 14.7 Å². The highest BCUT2D eigenvalue weighted by Gasteiger charge is 2.35. The van der Waals surface area contributed by atoms with Gasteiger partial charge in [-0.1, -0.05) is 54.6 Å². The van der Waals surface area contributed by atoms with Crippen molar-refractivity contribution in [3.8, 4) is 11.1 Å². The van der Waals surface area contributed by atoms with Crippen LogP contribution < -0.4 is 0 Å².